The summed E-state index contributed by atoms with van der Waals surface area (Å²) in [5, 5.41) is 3.02. The molecule has 0 aromatic heterocycles. The van der Waals surface area contributed by atoms with Gasteiger partial charge in [0.2, 0.25) is 5.78 Å². The molecule has 0 saturated heterocycles. The summed E-state index contributed by atoms with van der Waals surface area (Å²) in [7, 11) is 0. The molecule has 0 atom stereocenters. The number of hydrogen-bond acceptors (Lipinski definition) is 4. The summed E-state index contributed by atoms with van der Waals surface area (Å²) in [6.45, 7) is -0.427. The molecule has 1 N–H and O–H groups in total. The van der Waals surface area contributed by atoms with E-state index in [4.69, 9.17) is 16.3 Å². The smallest absolute Gasteiger partial charge is 0.338 e. The summed E-state index contributed by atoms with van der Waals surface area (Å²) in [6, 6.07) is 21.6. The SMILES string of the molecule is O=C(Nc1cccc(C(=O)OCC(=O)c2ccccc2Cl)c1)c1ccccc1. The van der Waals surface area contributed by atoms with E-state index in [1.165, 1.54) is 6.07 Å². The Labute approximate surface area is 166 Å². The van der Waals surface area contributed by atoms with E-state index in [0.29, 0.717) is 21.8 Å². The fourth-order valence-corrected chi connectivity index (χ4v) is 2.74. The molecule has 3 aromatic carbocycles. The van der Waals surface area contributed by atoms with Crippen molar-refractivity contribution in [1.29, 1.82) is 0 Å². The second-order valence-electron chi connectivity index (χ2n) is 5.88. The zero-order valence-corrected chi connectivity index (χ0v) is 15.5. The van der Waals surface area contributed by atoms with E-state index in [0.717, 1.165) is 0 Å². The summed E-state index contributed by atoms with van der Waals surface area (Å²) in [5.74, 6) is -1.36. The number of carbonyl (C=O) groups is 3. The molecule has 6 heteroatoms. The van der Waals surface area contributed by atoms with Crippen molar-refractivity contribution in [3.8, 4) is 0 Å². The topological polar surface area (TPSA) is 72.5 Å². The van der Waals surface area contributed by atoms with Crippen LogP contribution in [-0.2, 0) is 4.74 Å². The Morgan fingerprint density at radius 1 is 0.821 bits per heavy atom. The molecule has 3 aromatic rings. The number of esters is 1. The van der Waals surface area contributed by atoms with E-state index < -0.39 is 18.4 Å². The molecule has 0 bridgehead atoms. The number of benzene rings is 3. The van der Waals surface area contributed by atoms with E-state index in [1.54, 1.807) is 66.7 Å². The normalized spacial score (nSPS) is 10.2. The van der Waals surface area contributed by atoms with Crippen LogP contribution in [0.1, 0.15) is 31.1 Å². The van der Waals surface area contributed by atoms with Crippen LogP contribution in [0.2, 0.25) is 5.02 Å². The standard InChI is InChI=1S/C22H16ClNO4/c23-19-12-5-4-11-18(19)20(25)14-28-22(27)16-9-6-10-17(13-16)24-21(26)15-7-2-1-3-8-15/h1-13H,14H2,(H,24,26). The van der Waals surface area contributed by atoms with E-state index >= 15 is 0 Å². The van der Waals surface area contributed by atoms with Gasteiger partial charge in [0.15, 0.2) is 6.61 Å². The minimum absolute atomic E-state index is 0.220. The minimum atomic E-state index is -0.670. The third-order valence-electron chi connectivity index (χ3n) is 3.90. The Morgan fingerprint density at radius 3 is 2.25 bits per heavy atom. The number of amides is 1. The van der Waals surface area contributed by atoms with Crippen molar-refractivity contribution < 1.29 is 19.1 Å². The summed E-state index contributed by atoms with van der Waals surface area (Å²) in [6.07, 6.45) is 0. The first-order valence-corrected chi connectivity index (χ1v) is 8.84. The zero-order chi connectivity index (χ0) is 19.9. The molecule has 0 unspecified atom stereocenters. The Morgan fingerprint density at radius 2 is 1.50 bits per heavy atom. The average molecular weight is 394 g/mol. The molecule has 0 radical (unpaired) electrons. The van der Waals surface area contributed by atoms with Crippen molar-refractivity contribution in [2.24, 2.45) is 0 Å². The first-order valence-electron chi connectivity index (χ1n) is 8.46. The van der Waals surface area contributed by atoms with Crippen LogP contribution >= 0.6 is 11.6 Å². The third kappa shape index (κ3) is 4.84. The van der Waals surface area contributed by atoms with Gasteiger partial charge in [0, 0.05) is 16.8 Å². The molecule has 0 heterocycles. The van der Waals surface area contributed by atoms with E-state index in [2.05, 4.69) is 5.32 Å². The fraction of sp³-hybridized carbons (Fsp3) is 0.0455. The van der Waals surface area contributed by atoms with E-state index in [1.807, 2.05) is 6.07 Å². The van der Waals surface area contributed by atoms with Crippen molar-refractivity contribution in [2.45, 2.75) is 0 Å². The minimum Gasteiger partial charge on any atom is -0.454 e. The number of ether oxygens (including phenoxy) is 1. The second kappa shape index (κ2) is 8.97. The van der Waals surface area contributed by atoms with E-state index in [-0.39, 0.29) is 11.5 Å². The highest BCUT2D eigenvalue weighted by Gasteiger charge is 2.15. The highest BCUT2D eigenvalue weighted by molar-refractivity contribution is 6.34. The maximum absolute atomic E-state index is 12.3. The van der Waals surface area contributed by atoms with Crippen LogP contribution < -0.4 is 5.32 Å². The van der Waals surface area contributed by atoms with Gasteiger partial charge in [-0.2, -0.15) is 0 Å². The predicted molar refractivity (Wildman–Crippen MR) is 107 cm³/mol. The first-order chi connectivity index (χ1) is 13.5. The van der Waals surface area contributed by atoms with Gasteiger partial charge in [-0.1, -0.05) is 48.0 Å². The van der Waals surface area contributed by atoms with Crippen molar-refractivity contribution in [1.82, 2.24) is 0 Å². The summed E-state index contributed by atoms with van der Waals surface area (Å²) in [5.41, 5.74) is 1.46. The Kier molecular flexibility index (Phi) is 6.19. The number of anilines is 1. The largest absolute Gasteiger partial charge is 0.454 e. The van der Waals surface area contributed by atoms with Crippen molar-refractivity contribution >= 4 is 34.9 Å². The number of Topliss-reactive ketones (excluding diaryl/α,β-unsaturated/α-hetero) is 1. The number of rotatable bonds is 6. The molecule has 0 fully saturated rings. The Bertz CT molecular complexity index is 1020. The van der Waals surface area contributed by atoms with Crippen molar-refractivity contribution in [3.05, 3.63) is 101 Å². The maximum atomic E-state index is 12.3. The first kappa shape index (κ1) is 19.3. The predicted octanol–water partition coefficient (Wildman–Crippen LogP) is 4.63. The van der Waals surface area contributed by atoms with Crippen molar-refractivity contribution in [3.63, 3.8) is 0 Å². The number of ketones is 1. The lowest BCUT2D eigenvalue weighted by atomic mass is 10.1. The molecule has 0 aliphatic rings. The van der Waals surface area contributed by atoms with E-state index in [9.17, 15) is 14.4 Å². The lowest BCUT2D eigenvalue weighted by Crippen LogP contribution is -2.15. The van der Waals surface area contributed by atoms with Gasteiger partial charge in [0.05, 0.1) is 10.6 Å². The molecular formula is C22H16ClNO4. The van der Waals surface area contributed by atoms with Crippen LogP contribution in [0, 0.1) is 0 Å². The van der Waals surface area contributed by atoms with Crippen LogP contribution in [0.4, 0.5) is 5.69 Å². The lowest BCUT2D eigenvalue weighted by molar-refractivity contribution is 0.0475. The molecule has 0 saturated carbocycles. The highest BCUT2D eigenvalue weighted by atomic mass is 35.5. The molecule has 3 rings (SSSR count). The number of halogens is 1. The molecule has 0 aliphatic heterocycles. The van der Waals surface area contributed by atoms with Gasteiger partial charge in [-0.15, -0.1) is 0 Å². The Balaban J connectivity index is 1.63. The number of carbonyl (C=O) groups excluding carboxylic acids is 3. The highest BCUT2D eigenvalue weighted by Crippen LogP contribution is 2.17. The van der Waals surface area contributed by atoms with Gasteiger partial charge >= 0.3 is 5.97 Å². The molecular weight excluding hydrogens is 378 g/mol. The monoisotopic (exact) mass is 393 g/mol. The third-order valence-corrected chi connectivity index (χ3v) is 4.23. The molecule has 1 amide bonds. The van der Waals surface area contributed by atoms with Crippen LogP contribution in [-0.4, -0.2) is 24.3 Å². The van der Waals surface area contributed by atoms with Crippen molar-refractivity contribution in [2.75, 3.05) is 11.9 Å². The second-order valence-corrected chi connectivity index (χ2v) is 6.29. The Hall–Kier alpha value is -3.44. The van der Waals surface area contributed by atoms with Gasteiger partial charge in [-0.3, -0.25) is 9.59 Å². The number of hydrogen-bond donors (Lipinski definition) is 1. The molecule has 5 nitrogen and oxygen atoms in total. The number of nitrogens with one attached hydrogen (secondary N) is 1. The summed E-state index contributed by atoms with van der Waals surface area (Å²) < 4.78 is 5.08. The molecule has 0 spiro atoms. The van der Waals surface area contributed by atoms with Gasteiger partial charge in [-0.25, -0.2) is 4.79 Å². The summed E-state index contributed by atoms with van der Waals surface area (Å²) >= 11 is 5.97. The fourth-order valence-electron chi connectivity index (χ4n) is 2.50. The zero-order valence-electron chi connectivity index (χ0n) is 14.7. The lowest BCUT2D eigenvalue weighted by Gasteiger charge is -2.08. The van der Waals surface area contributed by atoms with Gasteiger partial charge in [-0.05, 0) is 42.5 Å². The van der Waals surface area contributed by atoms with Crippen LogP contribution in [0.25, 0.3) is 0 Å². The van der Waals surface area contributed by atoms with Gasteiger partial charge < -0.3 is 10.1 Å². The van der Waals surface area contributed by atoms with Crippen LogP contribution in [0.3, 0.4) is 0 Å². The average Bonchev–Trinajstić information content (AvgIpc) is 2.73. The molecule has 28 heavy (non-hydrogen) atoms. The molecule has 0 aliphatic carbocycles. The maximum Gasteiger partial charge on any atom is 0.338 e. The van der Waals surface area contributed by atoms with Crippen LogP contribution in [0.5, 0.6) is 0 Å². The van der Waals surface area contributed by atoms with Gasteiger partial charge in [0.25, 0.3) is 5.91 Å². The summed E-state index contributed by atoms with van der Waals surface area (Å²) in [4.78, 5) is 36.6. The van der Waals surface area contributed by atoms with Gasteiger partial charge in [0.1, 0.15) is 0 Å². The van der Waals surface area contributed by atoms with Crippen LogP contribution in [0.15, 0.2) is 78.9 Å². The quantitative estimate of drug-likeness (QED) is 0.489. The molecule has 140 valence electrons.